The summed E-state index contributed by atoms with van der Waals surface area (Å²) in [6.07, 6.45) is 2.22. The third kappa shape index (κ3) is 4.31. The third-order valence-corrected chi connectivity index (χ3v) is 3.56. The van der Waals surface area contributed by atoms with Gasteiger partial charge >= 0.3 is 0 Å². The molecule has 2 aromatic rings. The Morgan fingerprint density at radius 3 is 2.10 bits per heavy atom. The largest absolute Gasteiger partial charge is 0.494 e. The Hall–Kier alpha value is -1.84. The van der Waals surface area contributed by atoms with Gasteiger partial charge in [-0.15, -0.1) is 0 Å². The molecule has 0 aliphatic rings. The summed E-state index contributed by atoms with van der Waals surface area (Å²) in [7, 11) is 0. The summed E-state index contributed by atoms with van der Waals surface area (Å²) >= 11 is 0. The second-order valence-electron chi connectivity index (χ2n) is 5.28. The molecular weight excluding hydrogens is 260 g/mol. The monoisotopic (exact) mass is 284 g/mol. The second kappa shape index (κ2) is 7.81. The maximum absolute atomic E-state index is 5.73. The highest BCUT2D eigenvalue weighted by molar-refractivity contribution is 5.36. The van der Waals surface area contributed by atoms with Gasteiger partial charge in [0.2, 0.25) is 0 Å². The van der Waals surface area contributed by atoms with Gasteiger partial charge in [0.15, 0.2) is 0 Å². The molecule has 1 unspecified atom stereocenters. The SMILES string of the molecule is CCCCOc1ccc(C(NN)c2ccc(C)cc2)cc1. The third-order valence-electron chi connectivity index (χ3n) is 3.56. The Bertz CT molecular complexity index is 534. The van der Waals surface area contributed by atoms with Gasteiger partial charge in [-0.1, -0.05) is 55.3 Å². The lowest BCUT2D eigenvalue weighted by Gasteiger charge is -2.17. The van der Waals surface area contributed by atoms with Crippen LogP contribution in [0.1, 0.15) is 42.5 Å². The molecular formula is C18H24N2O. The van der Waals surface area contributed by atoms with E-state index in [-0.39, 0.29) is 6.04 Å². The zero-order chi connectivity index (χ0) is 15.1. The van der Waals surface area contributed by atoms with Crippen LogP contribution in [0.3, 0.4) is 0 Å². The Labute approximate surface area is 127 Å². The molecule has 0 fully saturated rings. The topological polar surface area (TPSA) is 47.3 Å². The summed E-state index contributed by atoms with van der Waals surface area (Å²) in [4.78, 5) is 0. The van der Waals surface area contributed by atoms with E-state index in [9.17, 15) is 0 Å². The first-order valence-corrected chi connectivity index (χ1v) is 7.50. The van der Waals surface area contributed by atoms with Crippen molar-refractivity contribution in [3.05, 3.63) is 65.2 Å². The fraction of sp³-hybridized carbons (Fsp3) is 0.333. The molecule has 0 aliphatic carbocycles. The van der Waals surface area contributed by atoms with Crippen LogP contribution in [0, 0.1) is 6.92 Å². The number of hydrogen-bond donors (Lipinski definition) is 2. The van der Waals surface area contributed by atoms with Gasteiger partial charge in [-0.2, -0.15) is 0 Å². The highest BCUT2D eigenvalue weighted by Gasteiger charge is 2.12. The Kier molecular flexibility index (Phi) is 5.78. The van der Waals surface area contributed by atoms with E-state index < -0.39 is 0 Å². The molecule has 2 aromatic carbocycles. The number of nitrogens with one attached hydrogen (secondary N) is 1. The molecule has 0 saturated heterocycles. The fourth-order valence-electron chi connectivity index (χ4n) is 2.23. The van der Waals surface area contributed by atoms with Crippen molar-refractivity contribution >= 4 is 0 Å². The number of ether oxygens (including phenoxy) is 1. The molecule has 0 bridgehead atoms. The van der Waals surface area contributed by atoms with E-state index in [4.69, 9.17) is 10.6 Å². The molecule has 2 rings (SSSR count). The predicted molar refractivity (Wildman–Crippen MR) is 87.2 cm³/mol. The molecule has 0 aromatic heterocycles. The maximum atomic E-state index is 5.73. The van der Waals surface area contributed by atoms with Gasteiger partial charge in [0.25, 0.3) is 0 Å². The van der Waals surface area contributed by atoms with Crippen molar-refractivity contribution in [2.75, 3.05) is 6.61 Å². The van der Waals surface area contributed by atoms with Crippen LogP contribution in [0.15, 0.2) is 48.5 Å². The minimum Gasteiger partial charge on any atom is -0.494 e. The number of nitrogens with two attached hydrogens (primary N) is 1. The standard InChI is InChI=1S/C18H24N2O/c1-3-4-13-21-17-11-9-16(10-12-17)18(20-19)15-7-5-14(2)6-8-15/h5-12,18,20H,3-4,13,19H2,1-2H3. The van der Waals surface area contributed by atoms with Crippen molar-refractivity contribution in [3.63, 3.8) is 0 Å². The van der Waals surface area contributed by atoms with E-state index in [0.717, 1.165) is 36.3 Å². The van der Waals surface area contributed by atoms with Gasteiger partial charge in [0, 0.05) is 0 Å². The Morgan fingerprint density at radius 1 is 1.00 bits per heavy atom. The van der Waals surface area contributed by atoms with Crippen molar-refractivity contribution in [1.29, 1.82) is 0 Å². The minimum atomic E-state index is -0.00436. The van der Waals surface area contributed by atoms with Crippen LogP contribution in [0.25, 0.3) is 0 Å². The molecule has 0 saturated carbocycles. The highest BCUT2D eigenvalue weighted by atomic mass is 16.5. The van der Waals surface area contributed by atoms with E-state index in [2.05, 4.69) is 55.7 Å². The molecule has 112 valence electrons. The molecule has 0 radical (unpaired) electrons. The van der Waals surface area contributed by atoms with Gasteiger partial charge in [-0.25, -0.2) is 5.43 Å². The Balaban J connectivity index is 2.09. The lowest BCUT2D eigenvalue weighted by Crippen LogP contribution is -2.28. The van der Waals surface area contributed by atoms with Crippen molar-refractivity contribution < 1.29 is 4.74 Å². The van der Waals surface area contributed by atoms with E-state index in [0.29, 0.717) is 0 Å². The van der Waals surface area contributed by atoms with Crippen LogP contribution in [-0.4, -0.2) is 6.61 Å². The smallest absolute Gasteiger partial charge is 0.119 e. The summed E-state index contributed by atoms with van der Waals surface area (Å²) < 4.78 is 5.68. The molecule has 3 nitrogen and oxygen atoms in total. The summed E-state index contributed by atoms with van der Waals surface area (Å²) in [6, 6.07) is 16.5. The number of hydrogen-bond acceptors (Lipinski definition) is 3. The van der Waals surface area contributed by atoms with Crippen molar-refractivity contribution in [2.24, 2.45) is 5.84 Å². The molecule has 0 heterocycles. The average molecular weight is 284 g/mol. The summed E-state index contributed by atoms with van der Waals surface area (Å²) in [5.74, 6) is 6.64. The first kappa shape index (κ1) is 15.5. The van der Waals surface area contributed by atoms with E-state index in [1.165, 1.54) is 5.56 Å². The van der Waals surface area contributed by atoms with Crippen molar-refractivity contribution in [2.45, 2.75) is 32.7 Å². The minimum absolute atomic E-state index is 0.00436. The lowest BCUT2D eigenvalue weighted by atomic mass is 9.98. The van der Waals surface area contributed by atoms with Crippen molar-refractivity contribution in [3.8, 4) is 5.75 Å². The van der Waals surface area contributed by atoms with Gasteiger partial charge in [0.1, 0.15) is 5.75 Å². The number of rotatable bonds is 7. The fourth-order valence-corrected chi connectivity index (χ4v) is 2.23. The average Bonchev–Trinajstić information content (AvgIpc) is 2.52. The van der Waals surface area contributed by atoms with Crippen molar-refractivity contribution in [1.82, 2.24) is 5.43 Å². The van der Waals surface area contributed by atoms with Crippen LogP contribution in [0.5, 0.6) is 5.75 Å². The van der Waals surface area contributed by atoms with Crippen LogP contribution >= 0.6 is 0 Å². The van der Waals surface area contributed by atoms with Gasteiger partial charge in [0.05, 0.1) is 12.6 Å². The van der Waals surface area contributed by atoms with Crippen LogP contribution in [0.2, 0.25) is 0 Å². The highest BCUT2D eigenvalue weighted by Crippen LogP contribution is 2.24. The number of unbranched alkanes of at least 4 members (excludes halogenated alkanes) is 1. The summed E-state index contributed by atoms with van der Waals surface area (Å²) in [6.45, 7) is 5.01. The number of benzene rings is 2. The van der Waals surface area contributed by atoms with Gasteiger partial charge < -0.3 is 4.74 Å². The zero-order valence-corrected chi connectivity index (χ0v) is 12.8. The van der Waals surface area contributed by atoms with Gasteiger partial charge in [-0.3, -0.25) is 5.84 Å². The molecule has 0 aliphatic heterocycles. The number of hydrazine groups is 1. The second-order valence-corrected chi connectivity index (χ2v) is 5.28. The van der Waals surface area contributed by atoms with Gasteiger partial charge in [-0.05, 0) is 36.6 Å². The van der Waals surface area contributed by atoms with E-state index in [1.807, 2.05) is 12.1 Å². The molecule has 1 atom stereocenters. The molecule has 3 N–H and O–H groups in total. The Morgan fingerprint density at radius 2 is 1.57 bits per heavy atom. The van der Waals surface area contributed by atoms with E-state index in [1.54, 1.807) is 0 Å². The zero-order valence-electron chi connectivity index (χ0n) is 12.8. The first-order valence-electron chi connectivity index (χ1n) is 7.50. The van der Waals surface area contributed by atoms with E-state index >= 15 is 0 Å². The summed E-state index contributed by atoms with van der Waals surface area (Å²) in [5.41, 5.74) is 6.41. The molecule has 3 heteroatoms. The van der Waals surface area contributed by atoms with Crippen LogP contribution in [0.4, 0.5) is 0 Å². The number of aryl methyl sites for hydroxylation is 1. The first-order chi connectivity index (χ1) is 10.2. The molecule has 0 spiro atoms. The predicted octanol–water partition coefficient (Wildman–Crippen LogP) is 3.73. The quantitative estimate of drug-likeness (QED) is 0.463. The maximum Gasteiger partial charge on any atom is 0.119 e. The molecule has 21 heavy (non-hydrogen) atoms. The lowest BCUT2D eigenvalue weighted by molar-refractivity contribution is 0.309. The van der Waals surface area contributed by atoms with Crippen LogP contribution in [-0.2, 0) is 0 Å². The van der Waals surface area contributed by atoms with Crippen LogP contribution < -0.4 is 16.0 Å². The molecule has 0 amide bonds. The normalized spacial score (nSPS) is 12.1. The summed E-state index contributed by atoms with van der Waals surface area (Å²) in [5, 5.41) is 0.